The van der Waals surface area contributed by atoms with Gasteiger partial charge in [-0.05, 0) is 12.3 Å². The quantitative estimate of drug-likeness (QED) is 0.586. The van der Waals surface area contributed by atoms with Crippen molar-refractivity contribution >= 4 is 15.9 Å². The van der Waals surface area contributed by atoms with E-state index in [0.717, 1.165) is 11.2 Å². The van der Waals surface area contributed by atoms with Crippen molar-refractivity contribution in [1.29, 1.82) is 0 Å². The van der Waals surface area contributed by atoms with Gasteiger partial charge in [0.1, 0.15) is 0 Å². The molecule has 1 heteroatoms. The number of rotatable bonds is 2. The monoisotopic (exact) mass is 189 g/mol. The first-order valence-electron chi connectivity index (χ1n) is 3.83. The van der Waals surface area contributed by atoms with E-state index < -0.39 is 0 Å². The van der Waals surface area contributed by atoms with Gasteiger partial charge in [-0.1, -0.05) is 48.0 Å². The van der Waals surface area contributed by atoms with E-state index in [1.54, 1.807) is 0 Å². The van der Waals surface area contributed by atoms with Crippen molar-refractivity contribution in [2.45, 2.75) is 32.1 Å². The summed E-state index contributed by atoms with van der Waals surface area (Å²) in [6.45, 7) is 0. The van der Waals surface area contributed by atoms with Gasteiger partial charge in [0.2, 0.25) is 0 Å². The summed E-state index contributed by atoms with van der Waals surface area (Å²) < 4.78 is 0. The normalized spacial score (nSPS) is 22.3. The van der Waals surface area contributed by atoms with E-state index in [2.05, 4.69) is 22.4 Å². The van der Waals surface area contributed by atoms with Crippen molar-refractivity contribution in [3.63, 3.8) is 0 Å². The predicted octanol–water partition coefficient (Wildman–Crippen LogP) is 3.17. The molecule has 0 bridgehead atoms. The van der Waals surface area contributed by atoms with E-state index >= 15 is 0 Å². The molecule has 0 aromatic heterocycles. The van der Waals surface area contributed by atoms with Crippen LogP contribution in [0.4, 0.5) is 0 Å². The van der Waals surface area contributed by atoms with Crippen LogP contribution in [0.2, 0.25) is 0 Å². The van der Waals surface area contributed by atoms with Crippen molar-refractivity contribution in [1.82, 2.24) is 0 Å². The molecule has 0 nitrogen and oxygen atoms in total. The molecule has 0 heterocycles. The standard InChI is InChI=1S/C8H14Br/c9-7-6-8-4-2-1-3-5-8/h6,8H,1-5,7H2. The third kappa shape index (κ3) is 2.70. The Labute approximate surface area is 66.2 Å². The zero-order chi connectivity index (χ0) is 6.53. The topological polar surface area (TPSA) is 0 Å². The second-order valence-corrected chi connectivity index (χ2v) is 3.44. The highest BCUT2D eigenvalue weighted by atomic mass is 79.9. The number of hydrogen-bond acceptors (Lipinski definition) is 0. The van der Waals surface area contributed by atoms with Gasteiger partial charge in [0.25, 0.3) is 0 Å². The van der Waals surface area contributed by atoms with Gasteiger partial charge in [-0.15, -0.1) is 0 Å². The first-order chi connectivity index (χ1) is 4.43. The summed E-state index contributed by atoms with van der Waals surface area (Å²) in [5.41, 5.74) is 0. The molecule has 1 rings (SSSR count). The summed E-state index contributed by atoms with van der Waals surface area (Å²) in [6.07, 6.45) is 9.64. The van der Waals surface area contributed by atoms with Gasteiger partial charge in [0, 0.05) is 5.33 Å². The highest BCUT2D eigenvalue weighted by Crippen LogP contribution is 2.25. The van der Waals surface area contributed by atoms with Crippen molar-refractivity contribution in [2.75, 3.05) is 5.33 Å². The van der Waals surface area contributed by atoms with Gasteiger partial charge in [-0.2, -0.15) is 0 Å². The molecule has 1 fully saturated rings. The maximum absolute atomic E-state index is 3.43. The molecule has 0 N–H and O–H groups in total. The van der Waals surface area contributed by atoms with E-state index in [1.165, 1.54) is 32.1 Å². The molecule has 1 radical (unpaired) electrons. The van der Waals surface area contributed by atoms with E-state index in [0.29, 0.717) is 0 Å². The van der Waals surface area contributed by atoms with Crippen LogP contribution in [0, 0.1) is 12.3 Å². The highest BCUT2D eigenvalue weighted by Gasteiger charge is 2.11. The number of alkyl halides is 1. The Kier molecular flexibility index (Phi) is 3.64. The number of halogens is 1. The number of hydrogen-bond donors (Lipinski definition) is 0. The summed E-state index contributed by atoms with van der Waals surface area (Å²) in [5.74, 6) is 0.929. The van der Waals surface area contributed by atoms with Crippen molar-refractivity contribution < 1.29 is 0 Å². The minimum Gasteiger partial charge on any atom is -0.0925 e. The molecule has 53 valence electrons. The molecule has 0 saturated heterocycles. The zero-order valence-electron chi connectivity index (χ0n) is 5.78. The van der Waals surface area contributed by atoms with Gasteiger partial charge in [0.15, 0.2) is 0 Å². The smallest absolute Gasteiger partial charge is 0.00653 e. The van der Waals surface area contributed by atoms with Crippen molar-refractivity contribution in [3.05, 3.63) is 6.42 Å². The molecular formula is C8H14Br. The third-order valence-electron chi connectivity index (χ3n) is 2.07. The SMILES string of the molecule is BrC[CH]C1CCCCC1. The van der Waals surface area contributed by atoms with Crippen molar-refractivity contribution in [3.8, 4) is 0 Å². The molecule has 1 aliphatic rings. The van der Waals surface area contributed by atoms with Gasteiger partial charge < -0.3 is 0 Å². The van der Waals surface area contributed by atoms with Crippen molar-refractivity contribution in [2.24, 2.45) is 5.92 Å². The minimum absolute atomic E-state index is 0.929. The summed E-state index contributed by atoms with van der Waals surface area (Å²) >= 11 is 3.43. The summed E-state index contributed by atoms with van der Waals surface area (Å²) in [4.78, 5) is 0. The molecule has 0 aliphatic heterocycles. The molecule has 0 aromatic rings. The fourth-order valence-electron chi connectivity index (χ4n) is 1.50. The lowest BCUT2D eigenvalue weighted by Gasteiger charge is -2.19. The Morgan fingerprint density at radius 1 is 1.22 bits per heavy atom. The van der Waals surface area contributed by atoms with E-state index in [4.69, 9.17) is 0 Å². The van der Waals surface area contributed by atoms with Crippen LogP contribution >= 0.6 is 15.9 Å². The van der Waals surface area contributed by atoms with Crippen LogP contribution in [0.5, 0.6) is 0 Å². The second kappa shape index (κ2) is 4.32. The molecule has 0 amide bonds. The lowest BCUT2D eigenvalue weighted by atomic mass is 9.88. The molecule has 0 atom stereocenters. The van der Waals surface area contributed by atoms with Crippen LogP contribution < -0.4 is 0 Å². The molecule has 0 aromatic carbocycles. The Balaban J connectivity index is 2.08. The van der Waals surface area contributed by atoms with Gasteiger partial charge in [-0.25, -0.2) is 0 Å². The van der Waals surface area contributed by atoms with Gasteiger partial charge >= 0.3 is 0 Å². The summed E-state index contributed by atoms with van der Waals surface area (Å²) in [6, 6.07) is 0. The van der Waals surface area contributed by atoms with Gasteiger partial charge in [0.05, 0.1) is 0 Å². The molecule has 0 spiro atoms. The lowest BCUT2D eigenvalue weighted by molar-refractivity contribution is 0.400. The molecule has 1 saturated carbocycles. The van der Waals surface area contributed by atoms with E-state index in [-0.39, 0.29) is 0 Å². The van der Waals surface area contributed by atoms with Crippen LogP contribution in [0.15, 0.2) is 0 Å². The fraction of sp³-hybridized carbons (Fsp3) is 0.875. The van der Waals surface area contributed by atoms with E-state index in [9.17, 15) is 0 Å². The van der Waals surface area contributed by atoms with Crippen LogP contribution in [-0.2, 0) is 0 Å². The second-order valence-electron chi connectivity index (χ2n) is 2.79. The predicted molar refractivity (Wildman–Crippen MR) is 44.7 cm³/mol. The highest BCUT2D eigenvalue weighted by molar-refractivity contribution is 9.09. The Morgan fingerprint density at radius 3 is 2.44 bits per heavy atom. The first-order valence-corrected chi connectivity index (χ1v) is 4.95. The molecule has 9 heavy (non-hydrogen) atoms. The largest absolute Gasteiger partial charge is 0.0925 e. The molecule has 0 unspecified atom stereocenters. The minimum atomic E-state index is 0.929. The van der Waals surface area contributed by atoms with Crippen LogP contribution in [0.1, 0.15) is 32.1 Å². The third-order valence-corrected chi connectivity index (χ3v) is 2.45. The Hall–Kier alpha value is 0.480. The maximum atomic E-state index is 3.43. The average molecular weight is 190 g/mol. The van der Waals surface area contributed by atoms with Crippen LogP contribution in [0.25, 0.3) is 0 Å². The zero-order valence-corrected chi connectivity index (χ0v) is 7.36. The lowest BCUT2D eigenvalue weighted by Crippen LogP contribution is -2.06. The Morgan fingerprint density at radius 2 is 1.89 bits per heavy atom. The first kappa shape index (κ1) is 7.59. The Bertz CT molecular complexity index is 62.2. The van der Waals surface area contributed by atoms with E-state index in [1.807, 2.05) is 0 Å². The molecule has 1 aliphatic carbocycles. The average Bonchev–Trinajstić information content (AvgIpc) is 1.91. The van der Waals surface area contributed by atoms with Crippen LogP contribution in [0.3, 0.4) is 0 Å². The fourth-order valence-corrected chi connectivity index (χ4v) is 2.02. The summed E-state index contributed by atoms with van der Waals surface area (Å²) in [7, 11) is 0. The van der Waals surface area contributed by atoms with Gasteiger partial charge in [-0.3, -0.25) is 0 Å². The maximum Gasteiger partial charge on any atom is 0.00653 e. The van der Waals surface area contributed by atoms with Crippen LogP contribution in [-0.4, -0.2) is 5.33 Å². The summed E-state index contributed by atoms with van der Waals surface area (Å²) in [5, 5.41) is 1.08. The molecular weight excluding hydrogens is 176 g/mol.